The lowest BCUT2D eigenvalue weighted by atomic mass is 9.88. The maximum Gasteiger partial charge on any atom is 0.241 e. The van der Waals surface area contributed by atoms with Gasteiger partial charge in [-0.25, -0.2) is 13.1 Å². The zero-order valence-electron chi connectivity index (χ0n) is 12.5. The summed E-state index contributed by atoms with van der Waals surface area (Å²) in [5.41, 5.74) is 0. The summed E-state index contributed by atoms with van der Waals surface area (Å²) in [5, 5.41) is 5.28. The standard InChI is InChI=1S/C15H24N2O2S2/c1-11-2-4-13(5-3-11)17-21(18,19)15-8-9-20-14(15)10-16-12-6-7-12/h8-9,11-13,16-17H,2-7,10H2,1H3. The van der Waals surface area contributed by atoms with Crippen LogP contribution in [0.15, 0.2) is 16.3 Å². The Morgan fingerprint density at radius 1 is 1.14 bits per heavy atom. The van der Waals surface area contributed by atoms with Crippen LogP contribution in [-0.2, 0) is 16.6 Å². The van der Waals surface area contributed by atoms with Gasteiger partial charge in [-0.2, -0.15) is 0 Å². The number of hydrogen-bond donors (Lipinski definition) is 2. The van der Waals surface area contributed by atoms with E-state index in [4.69, 9.17) is 0 Å². The third-order valence-corrected chi connectivity index (χ3v) is 7.12. The first-order valence-corrected chi connectivity index (χ1v) is 10.2. The Kier molecular flexibility index (Phi) is 4.69. The fourth-order valence-corrected chi connectivity index (χ4v) is 5.58. The minimum atomic E-state index is -3.37. The van der Waals surface area contributed by atoms with Crippen LogP contribution in [0.1, 0.15) is 50.3 Å². The Balaban J connectivity index is 1.64. The number of sulfonamides is 1. The maximum absolute atomic E-state index is 12.6. The quantitative estimate of drug-likeness (QED) is 0.844. The SMILES string of the molecule is CC1CCC(NS(=O)(=O)c2ccsc2CNC2CC2)CC1. The largest absolute Gasteiger partial charge is 0.309 e. The van der Waals surface area contributed by atoms with Crippen molar-refractivity contribution < 1.29 is 8.42 Å². The van der Waals surface area contributed by atoms with Gasteiger partial charge in [0.05, 0.1) is 4.90 Å². The molecular formula is C15H24N2O2S2. The average Bonchev–Trinajstić information content (AvgIpc) is 3.14. The summed E-state index contributed by atoms with van der Waals surface area (Å²) >= 11 is 1.53. The monoisotopic (exact) mass is 328 g/mol. The Morgan fingerprint density at radius 3 is 2.48 bits per heavy atom. The average molecular weight is 329 g/mol. The molecule has 2 aliphatic carbocycles. The molecule has 1 aromatic rings. The second-order valence-corrected chi connectivity index (χ2v) is 9.12. The lowest BCUT2D eigenvalue weighted by molar-refractivity contribution is 0.332. The lowest BCUT2D eigenvalue weighted by Gasteiger charge is -2.26. The lowest BCUT2D eigenvalue weighted by Crippen LogP contribution is -2.37. The third kappa shape index (κ3) is 4.06. The fraction of sp³-hybridized carbons (Fsp3) is 0.733. The minimum Gasteiger partial charge on any atom is -0.309 e. The molecule has 1 heterocycles. The van der Waals surface area contributed by atoms with E-state index < -0.39 is 10.0 Å². The van der Waals surface area contributed by atoms with E-state index in [1.54, 1.807) is 6.07 Å². The summed E-state index contributed by atoms with van der Waals surface area (Å²) in [5.74, 6) is 0.727. The van der Waals surface area contributed by atoms with Crippen LogP contribution in [0.3, 0.4) is 0 Å². The maximum atomic E-state index is 12.6. The topological polar surface area (TPSA) is 58.2 Å². The van der Waals surface area contributed by atoms with Gasteiger partial charge in [-0.05, 0) is 55.9 Å². The van der Waals surface area contributed by atoms with Crippen LogP contribution >= 0.6 is 11.3 Å². The number of thiophene rings is 1. The van der Waals surface area contributed by atoms with Crippen molar-refractivity contribution in [2.24, 2.45) is 5.92 Å². The van der Waals surface area contributed by atoms with E-state index in [2.05, 4.69) is 17.0 Å². The second-order valence-electron chi connectivity index (χ2n) is 6.44. The molecule has 0 aromatic carbocycles. The Labute approximate surface area is 131 Å². The molecule has 0 spiro atoms. The van der Waals surface area contributed by atoms with E-state index in [1.807, 2.05) is 5.38 Å². The van der Waals surface area contributed by atoms with Crippen LogP contribution in [0.25, 0.3) is 0 Å². The predicted octanol–water partition coefficient (Wildman–Crippen LogP) is 2.86. The van der Waals surface area contributed by atoms with Crippen molar-refractivity contribution >= 4 is 21.4 Å². The summed E-state index contributed by atoms with van der Waals surface area (Å²) in [6.45, 7) is 2.91. The van der Waals surface area contributed by atoms with Crippen LogP contribution in [-0.4, -0.2) is 20.5 Å². The molecule has 0 amide bonds. The molecule has 118 valence electrons. The van der Waals surface area contributed by atoms with Crippen LogP contribution < -0.4 is 10.0 Å². The van der Waals surface area contributed by atoms with Crippen molar-refractivity contribution in [3.05, 3.63) is 16.3 Å². The summed E-state index contributed by atoms with van der Waals surface area (Å²) in [4.78, 5) is 1.40. The Bertz CT molecular complexity index is 570. The first kappa shape index (κ1) is 15.5. The molecule has 1 aromatic heterocycles. The van der Waals surface area contributed by atoms with Crippen LogP contribution in [0, 0.1) is 5.92 Å². The van der Waals surface area contributed by atoms with E-state index in [-0.39, 0.29) is 6.04 Å². The molecule has 21 heavy (non-hydrogen) atoms. The highest BCUT2D eigenvalue weighted by Crippen LogP contribution is 2.28. The van der Waals surface area contributed by atoms with E-state index in [0.717, 1.165) is 36.5 Å². The van der Waals surface area contributed by atoms with Crippen molar-refractivity contribution in [2.45, 2.75) is 69.0 Å². The Morgan fingerprint density at radius 2 is 1.81 bits per heavy atom. The van der Waals surface area contributed by atoms with E-state index >= 15 is 0 Å². The van der Waals surface area contributed by atoms with Gasteiger partial charge in [0.1, 0.15) is 0 Å². The highest BCUT2D eigenvalue weighted by molar-refractivity contribution is 7.89. The van der Waals surface area contributed by atoms with Crippen molar-refractivity contribution in [3.8, 4) is 0 Å². The molecule has 6 heteroatoms. The number of nitrogens with one attached hydrogen (secondary N) is 2. The molecule has 4 nitrogen and oxygen atoms in total. The summed E-state index contributed by atoms with van der Waals surface area (Å²) in [6, 6.07) is 2.44. The smallest absolute Gasteiger partial charge is 0.241 e. The first-order valence-electron chi connectivity index (χ1n) is 7.86. The normalized spacial score (nSPS) is 26.9. The zero-order valence-corrected chi connectivity index (χ0v) is 14.1. The van der Waals surface area contributed by atoms with Gasteiger partial charge in [-0.3, -0.25) is 0 Å². The minimum absolute atomic E-state index is 0.107. The molecule has 0 saturated heterocycles. The predicted molar refractivity (Wildman–Crippen MR) is 85.9 cm³/mol. The van der Waals surface area contributed by atoms with Crippen LogP contribution in [0.4, 0.5) is 0 Å². The molecule has 0 aliphatic heterocycles. The van der Waals surface area contributed by atoms with Gasteiger partial charge in [0, 0.05) is 23.5 Å². The summed E-state index contributed by atoms with van der Waals surface area (Å²) < 4.78 is 28.1. The number of rotatable bonds is 6. The molecule has 2 N–H and O–H groups in total. The van der Waals surface area contributed by atoms with Gasteiger partial charge in [0.15, 0.2) is 0 Å². The number of hydrogen-bond acceptors (Lipinski definition) is 4. The Hall–Kier alpha value is -0.430. The van der Waals surface area contributed by atoms with E-state index in [9.17, 15) is 8.42 Å². The van der Waals surface area contributed by atoms with Crippen LogP contribution in [0.5, 0.6) is 0 Å². The van der Waals surface area contributed by atoms with Crippen molar-refractivity contribution in [1.82, 2.24) is 10.0 Å². The molecule has 2 saturated carbocycles. The van der Waals surface area contributed by atoms with Gasteiger partial charge in [0.2, 0.25) is 10.0 Å². The molecule has 3 rings (SSSR count). The molecule has 0 unspecified atom stereocenters. The van der Waals surface area contributed by atoms with Gasteiger partial charge < -0.3 is 5.32 Å². The third-order valence-electron chi connectivity index (χ3n) is 4.46. The highest BCUT2D eigenvalue weighted by atomic mass is 32.2. The molecule has 0 radical (unpaired) electrons. The highest BCUT2D eigenvalue weighted by Gasteiger charge is 2.27. The van der Waals surface area contributed by atoms with Crippen LogP contribution in [0.2, 0.25) is 0 Å². The molecular weight excluding hydrogens is 304 g/mol. The first-order chi connectivity index (χ1) is 10.0. The summed E-state index contributed by atoms with van der Waals surface area (Å²) in [6.07, 6.45) is 6.58. The fourth-order valence-electron chi connectivity index (χ4n) is 2.88. The molecule has 0 bridgehead atoms. The molecule has 2 fully saturated rings. The van der Waals surface area contributed by atoms with Gasteiger partial charge in [-0.1, -0.05) is 6.92 Å². The van der Waals surface area contributed by atoms with Gasteiger partial charge in [-0.15, -0.1) is 11.3 Å². The second kappa shape index (κ2) is 6.36. The van der Waals surface area contributed by atoms with E-state index in [1.165, 1.54) is 24.2 Å². The molecule has 2 aliphatic rings. The summed E-state index contributed by atoms with van der Waals surface area (Å²) in [7, 11) is -3.37. The van der Waals surface area contributed by atoms with Crippen molar-refractivity contribution in [1.29, 1.82) is 0 Å². The van der Waals surface area contributed by atoms with Crippen molar-refractivity contribution in [3.63, 3.8) is 0 Å². The van der Waals surface area contributed by atoms with Gasteiger partial charge >= 0.3 is 0 Å². The van der Waals surface area contributed by atoms with E-state index in [0.29, 0.717) is 17.5 Å². The van der Waals surface area contributed by atoms with Crippen molar-refractivity contribution in [2.75, 3.05) is 0 Å². The van der Waals surface area contributed by atoms with Gasteiger partial charge in [0.25, 0.3) is 0 Å². The molecule has 0 atom stereocenters. The zero-order chi connectivity index (χ0) is 14.9.